The molecule has 0 atom stereocenters. The fraction of sp³-hybridized carbons (Fsp3) is 0.538. The van der Waals surface area contributed by atoms with Crippen LogP contribution < -0.4 is 10.2 Å². The van der Waals surface area contributed by atoms with Crippen molar-refractivity contribution in [2.24, 2.45) is 0 Å². The van der Waals surface area contributed by atoms with Gasteiger partial charge in [-0.25, -0.2) is 0 Å². The Balaban J connectivity index is 0.00000128. The third kappa shape index (κ3) is 4.38. The predicted molar refractivity (Wildman–Crippen MR) is 80.0 cm³/mol. The SMILES string of the molecule is CCc1ccccc1N1CCCNCC1.Cl.Cl. The minimum absolute atomic E-state index is 0. The second kappa shape index (κ2) is 8.62. The lowest BCUT2D eigenvalue weighted by Crippen LogP contribution is -2.28. The zero-order valence-electron chi connectivity index (χ0n) is 10.3. The predicted octanol–water partition coefficient (Wildman–Crippen LogP) is 2.89. The van der Waals surface area contributed by atoms with Crippen molar-refractivity contribution in [1.82, 2.24) is 5.32 Å². The summed E-state index contributed by atoms with van der Waals surface area (Å²) < 4.78 is 0. The first-order chi connectivity index (χ1) is 7.42. The first kappa shape index (κ1) is 16.6. The fourth-order valence-corrected chi connectivity index (χ4v) is 2.20. The van der Waals surface area contributed by atoms with E-state index in [0.717, 1.165) is 26.1 Å². The number of anilines is 1. The van der Waals surface area contributed by atoms with Crippen LogP contribution in [0.3, 0.4) is 0 Å². The highest BCUT2D eigenvalue weighted by atomic mass is 35.5. The molecule has 0 spiro atoms. The molecule has 4 heteroatoms. The summed E-state index contributed by atoms with van der Waals surface area (Å²) in [5, 5.41) is 3.44. The van der Waals surface area contributed by atoms with Gasteiger partial charge in [-0.15, -0.1) is 24.8 Å². The maximum atomic E-state index is 3.44. The largest absolute Gasteiger partial charge is 0.370 e. The molecule has 0 radical (unpaired) electrons. The summed E-state index contributed by atoms with van der Waals surface area (Å²) in [6.07, 6.45) is 2.37. The Hall–Kier alpha value is -0.440. The lowest BCUT2D eigenvalue weighted by molar-refractivity contribution is 0.724. The Bertz CT molecular complexity index is 310. The number of halogens is 2. The molecule has 1 aromatic rings. The highest BCUT2D eigenvalue weighted by Crippen LogP contribution is 2.21. The average Bonchev–Trinajstić information content (AvgIpc) is 2.57. The van der Waals surface area contributed by atoms with E-state index >= 15 is 0 Å². The molecule has 1 N–H and O–H groups in total. The molecule has 1 aliphatic rings. The Kier molecular flexibility index (Phi) is 8.40. The highest BCUT2D eigenvalue weighted by molar-refractivity contribution is 5.85. The van der Waals surface area contributed by atoms with E-state index in [9.17, 15) is 0 Å². The van der Waals surface area contributed by atoms with Gasteiger partial charge in [0.05, 0.1) is 0 Å². The molecule has 0 unspecified atom stereocenters. The summed E-state index contributed by atoms with van der Waals surface area (Å²) in [7, 11) is 0. The van der Waals surface area contributed by atoms with E-state index in [2.05, 4.69) is 41.4 Å². The van der Waals surface area contributed by atoms with Crippen molar-refractivity contribution in [2.75, 3.05) is 31.1 Å². The van der Waals surface area contributed by atoms with E-state index in [4.69, 9.17) is 0 Å². The van der Waals surface area contributed by atoms with E-state index in [1.165, 1.54) is 24.2 Å². The summed E-state index contributed by atoms with van der Waals surface area (Å²) in [4.78, 5) is 2.51. The summed E-state index contributed by atoms with van der Waals surface area (Å²) in [5.41, 5.74) is 2.91. The van der Waals surface area contributed by atoms with Gasteiger partial charge in [0, 0.05) is 25.3 Å². The van der Waals surface area contributed by atoms with Gasteiger partial charge in [-0.1, -0.05) is 25.1 Å². The molecule has 1 saturated heterocycles. The first-order valence-corrected chi connectivity index (χ1v) is 5.95. The summed E-state index contributed by atoms with van der Waals surface area (Å²) in [5.74, 6) is 0. The van der Waals surface area contributed by atoms with E-state index in [-0.39, 0.29) is 24.8 Å². The Labute approximate surface area is 117 Å². The Morgan fingerprint density at radius 3 is 2.65 bits per heavy atom. The number of rotatable bonds is 2. The third-order valence-electron chi connectivity index (χ3n) is 3.05. The van der Waals surface area contributed by atoms with Crippen LogP contribution in [0.5, 0.6) is 0 Å². The maximum absolute atomic E-state index is 3.44. The van der Waals surface area contributed by atoms with Gasteiger partial charge in [-0.3, -0.25) is 0 Å². The van der Waals surface area contributed by atoms with E-state index in [0.29, 0.717) is 0 Å². The molecular weight excluding hydrogens is 255 g/mol. The van der Waals surface area contributed by atoms with Gasteiger partial charge in [-0.2, -0.15) is 0 Å². The third-order valence-corrected chi connectivity index (χ3v) is 3.05. The number of nitrogens with one attached hydrogen (secondary N) is 1. The topological polar surface area (TPSA) is 15.3 Å². The molecule has 0 saturated carbocycles. The van der Waals surface area contributed by atoms with Crippen LogP contribution in [0.25, 0.3) is 0 Å². The quantitative estimate of drug-likeness (QED) is 0.894. The normalized spacial score (nSPS) is 15.5. The number of aryl methyl sites for hydroxylation is 1. The zero-order valence-corrected chi connectivity index (χ0v) is 11.9. The van der Waals surface area contributed by atoms with Crippen LogP contribution >= 0.6 is 24.8 Å². The molecule has 2 nitrogen and oxygen atoms in total. The van der Waals surface area contributed by atoms with Crippen LogP contribution in [-0.2, 0) is 6.42 Å². The van der Waals surface area contributed by atoms with E-state index < -0.39 is 0 Å². The second-order valence-corrected chi connectivity index (χ2v) is 4.07. The lowest BCUT2D eigenvalue weighted by atomic mass is 10.1. The molecule has 0 bridgehead atoms. The second-order valence-electron chi connectivity index (χ2n) is 4.07. The van der Waals surface area contributed by atoms with Gasteiger partial charge in [0.2, 0.25) is 0 Å². The molecule has 1 heterocycles. The number of nitrogens with zero attached hydrogens (tertiary/aromatic N) is 1. The van der Waals surface area contributed by atoms with Crippen molar-refractivity contribution in [2.45, 2.75) is 19.8 Å². The van der Waals surface area contributed by atoms with Gasteiger partial charge >= 0.3 is 0 Å². The van der Waals surface area contributed by atoms with Crippen LogP contribution in [0.4, 0.5) is 5.69 Å². The summed E-state index contributed by atoms with van der Waals surface area (Å²) in [6, 6.07) is 8.78. The average molecular weight is 277 g/mol. The molecular formula is C13H22Cl2N2. The van der Waals surface area contributed by atoms with Crippen LogP contribution in [0, 0.1) is 0 Å². The first-order valence-electron chi connectivity index (χ1n) is 5.95. The van der Waals surface area contributed by atoms with Gasteiger partial charge in [0.25, 0.3) is 0 Å². The number of hydrogen-bond donors (Lipinski definition) is 1. The van der Waals surface area contributed by atoms with E-state index in [1.54, 1.807) is 0 Å². The Morgan fingerprint density at radius 1 is 1.12 bits per heavy atom. The fourth-order valence-electron chi connectivity index (χ4n) is 2.20. The number of para-hydroxylation sites is 1. The van der Waals surface area contributed by atoms with Crippen LogP contribution in [0.2, 0.25) is 0 Å². The molecule has 0 amide bonds. The van der Waals surface area contributed by atoms with Crippen LogP contribution in [-0.4, -0.2) is 26.2 Å². The molecule has 17 heavy (non-hydrogen) atoms. The van der Waals surface area contributed by atoms with Crippen LogP contribution in [0.1, 0.15) is 18.9 Å². The van der Waals surface area contributed by atoms with Crippen molar-refractivity contribution in [3.63, 3.8) is 0 Å². The Morgan fingerprint density at radius 2 is 1.88 bits per heavy atom. The number of benzene rings is 1. The van der Waals surface area contributed by atoms with Crippen molar-refractivity contribution in [3.05, 3.63) is 29.8 Å². The molecule has 1 fully saturated rings. The van der Waals surface area contributed by atoms with Crippen molar-refractivity contribution in [3.8, 4) is 0 Å². The molecule has 2 rings (SSSR count). The minimum atomic E-state index is 0. The monoisotopic (exact) mass is 276 g/mol. The molecule has 98 valence electrons. The molecule has 1 aliphatic heterocycles. The minimum Gasteiger partial charge on any atom is -0.370 e. The smallest absolute Gasteiger partial charge is 0.0399 e. The van der Waals surface area contributed by atoms with Gasteiger partial charge in [0.15, 0.2) is 0 Å². The van der Waals surface area contributed by atoms with Crippen LogP contribution in [0.15, 0.2) is 24.3 Å². The molecule has 1 aromatic carbocycles. The zero-order chi connectivity index (χ0) is 10.5. The van der Waals surface area contributed by atoms with Gasteiger partial charge < -0.3 is 10.2 Å². The molecule has 0 aliphatic carbocycles. The van der Waals surface area contributed by atoms with E-state index in [1.807, 2.05) is 0 Å². The van der Waals surface area contributed by atoms with Gasteiger partial charge in [0.1, 0.15) is 0 Å². The lowest BCUT2D eigenvalue weighted by Gasteiger charge is -2.24. The summed E-state index contributed by atoms with van der Waals surface area (Å²) >= 11 is 0. The molecule has 0 aromatic heterocycles. The van der Waals surface area contributed by atoms with Gasteiger partial charge in [-0.05, 0) is 31.0 Å². The van der Waals surface area contributed by atoms with Crippen molar-refractivity contribution < 1.29 is 0 Å². The number of hydrogen-bond acceptors (Lipinski definition) is 2. The summed E-state index contributed by atoms with van der Waals surface area (Å²) in [6.45, 7) is 6.82. The highest BCUT2D eigenvalue weighted by Gasteiger charge is 2.11. The maximum Gasteiger partial charge on any atom is 0.0399 e. The van der Waals surface area contributed by atoms with Crippen molar-refractivity contribution in [1.29, 1.82) is 0 Å². The standard InChI is InChI=1S/C13H20N2.2ClH/c1-2-12-6-3-4-7-13(12)15-10-5-8-14-9-11-15;;/h3-4,6-7,14H,2,5,8-11H2,1H3;2*1H. The van der Waals surface area contributed by atoms with Crippen molar-refractivity contribution >= 4 is 30.5 Å².